The summed E-state index contributed by atoms with van der Waals surface area (Å²) in [4.78, 5) is 0. The smallest absolute Gasteiger partial charge is 0.0159 e. The van der Waals surface area contributed by atoms with E-state index in [2.05, 4.69) is 125 Å². The molecule has 0 N–H and O–H groups in total. The van der Waals surface area contributed by atoms with E-state index in [0.29, 0.717) is 0 Å². The zero-order valence-electron chi connectivity index (χ0n) is 22.2. The topological polar surface area (TPSA) is 0 Å². The van der Waals surface area contributed by atoms with Crippen molar-refractivity contribution in [2.45, 2.75) is 38.5 Å². The van der Waals surface area contributed by atoms with Crippen LogP contribution < -0.4 is 0 Å². The second-order valence-corrected chi connectivity index (χ2v) is 12.6. The molecule has 9 rings (SSSR count). The van der Waals surface area contributed by atoms with E-state index in [1.165, 1.54) is 87.6 Å². The Morgan fingerprint density at radius 1 is 0.395 bits per heavy atom. The SMILES string of the molecule is CC1(C)c2cc3c(cc2-c2cc4ccccc4cc21)C(C)(C)c1cc2ccc4cccc5ccc(c1-3)c2c45. The molecule has 0 spiro atoms. The molecule has 0 bridgehead atoms. The summed E-state index contributed by atoms with van der Waals surface area (Å²) in [5.41, 5.74) is 11.4. The van der Waals surface area contributed by atoms with Crippen molar-refractivity contribution in [3.63, 3.8) is 0 Å². The van der Waals surface area contributed by atoms with Crippen LogP contribution >= 0.6 is 0 Å². The molecule has 0 heteroatoms. The highest BCUT2D eigenvalue weighted by Crippen LogP contribution is 2.58. The van der Waals surface area contributed by atoms with Gasteiger partial charge in [-0.1, -0.05) is 94.4 Å². The summed E-state index contributed by atoms with van der Waals surface area (Å²) in [6.45, 7) is 9.65. The molecule has 0 heterocycles. The third-order valence-corrected chi connectivity index (χ3v) is 9.94. The Labute approximate surface area is 222 Å². The Morgan fingerprint density at radius 2 is 0.921 bits per heavy atom. The number of rotatable bonds is 0. The highest BCUT2D eigenvalue weighted by atomic mass is 14.5. The molecule has 0 saturated carbocycles. The molecule has 0 nitrogen and oxygen atoms in total. The lowest BCUT2D eigenvalue weighted by molar-refractivity contribution is 0.653. The van der Waals surface area contributed by atoms with E-state index < -0.39 is 0 Å². The summed E-state index contributed by atoms with van der Waals surface area (Å²) in [6, 6.07) is 37.2. The predicted octanol–water partition coefficient (Wildman–Crippen LogP) is 10.3. The van der Waals surface area contributed by atoms with Crippen molar-refractivity contribution < 1.29 is 0 Å². The van der Waals surface area contributed by atoms with Crippen molar-refractivity contribution >= 4 is 43.1 Å². The third-order valence-electron chi connectivity index (χ3n) is 9.94. The van der Waals surface area contributed by atoms with Gasteiger partial charge in [0.25, 0.3) is 0 Å². The minimum atomic E-state index is -0.0616. The summed E-state index contributed by atoms with van der Waals surface area (Å²) in [5.74, 6) is 0. The van der Waals surface area contributed by atoms with Crippen molar-refractivity contribution in [2.24, 2.45) is 0 Å². The van der Waals surface area contributed by atoms with E-state index >= 15 is 0 Å². The molecule has 0 fully saturated rings. The summed E-state index contributed by atoms with van der Waals surface area (Å²) in [7, 11) is 0. The standard InChI is InChI=1S/C38H28/c1-37(2)30-17-24-9-6-5-8-23(24)16-27(30)28-19-32-29(20-31(28)37)36-26-15-14-22-11-7-10-21-12-13-25(35(26)34(21)22)18-33(36)38(32,3)4/h5-20H,1-4H3. The van der Waals surface area contributed by atoms with Gasteiger partial charge in [-0.2, -0.15) is 0 Å². The molecule has 0 unspecified atom stereocenters. The highest BCUT2D eigenvalue weighted by Gasteiger charge is 2.42. The number of fused-ring (bicyclic) bond motifs is 8. The van der Waals surface area contributed by atoms with Gasteiger partial charge in [-0.15, -0.1) is 0 Å². The van der Waals surface area contributed by atoms with E-state index in [9.17, 15) is 0 Å². The van der Waals surface area contributed by atoms with Crippen molar-refractivity contribution in [1.29, 1.82) is 0 Å². The van der Waals surface area contributed by atoms with Crippen LogP contribution in [0.5, 0.6) is 0 Å². The first-order valence-electron chi connectivity index (χ1n) is 13.8. The fourth-order valence-corrected chi connectivity index (χ4v) is 7.93. The molecule has 2 aliphatic carbocycles. The normalized spacial score (nSPS) is 16.3. The molecular formula is C38H28. The fourth-order valence-electron chi connectivity index (χ4n) is 7.93. The maximum atomic E-state index is 2.56. The van der Waals surface area contributed by atoms with Crippen LogP contribution in [0, 0.1) is 0 Å². The monoisotopic (exact) mass is 484 g/mol. The van der Waals surface area contributed by atoms with E-state index in [-0.39, 0.29) is 10.8 Å². The van der Waals surface area contributed by atoms with Crippen LogP contribution in [0.15, 0.2) is 97.1 Å². The van der Waals surface area contributed by atoms with Gasteiger partial charge in [0.1, 0.15) is 0 Å². The van der Waals surface area contributed by atoms with Crippen LogP contribution in [0.1, 0.15) is 49.9 Å². The molecule has 180 valence electrons. The predicted molar refractivity (Wildman–Crippen MR) is 163 cm³/mol. The van der Waals surface area contributed by atoms with Gasteiger partial charge in [-0.05, 0) is 118 Å². The van der Waals surface area contributed by atoms with Gasteiger partial charge in [-0.3, -0.25) is 0 Å². The lowest BCUT2D eigenvalue weighted by atomic mass is 9.79. The Balaban J connectivity index is 1.40. The molecule has 7 aromatic carbocycles. The Morgan fingerprint density at radius 3 is 1.71 bits per heavy atom. The first-order chi connectivity index (χ1) is 18.3. The lowest BCUT2D eigenvalue weighted by Crippen LogP contribution is -2.17. The van der Waals surface area contributed by atoms with Gasteiger partial charge >= 0.3 is 0 Å². The average molecular weight is 485 g/mol. The van der Waals surface area contributed by atoms with Gasteiger partial charge in [0.05, 0.1) is 0 Å². The Kier molecular flexibility index (Phi) is 3.54. The van der Waals surface area contributed by atoms with Crippen LogP contribution in [-0.4, -0.2) is 0 Å². The van der Waals surface area contributed by atoms with E-state index in [0.717, 1.165) is 0 Å². The number of hydrogen-bond acceptors (Lipinski definition) is 0. The van der Waals surface area contributed by atoms with Crippen LogP contribution in [0.4, 0.5) is 0 Å². The third kappa shape index (κ3) is 2.30. The van der Waals surface area contributed by atoms with Gasteiger partial charge in [0, 0.05) is 10.8 Å². The van der Waals surface area contributed by atoms with E-state index in [1.54, 1.807) is 0 Å². The van der Waals surface area contributed by atoms with E-state index in [1.807, 2.05) is 0 Å². The zero-order valence-corrected chi connectivity index (χ0v) is 22.2. The van der Waals surface area contributed by atoms with E-state index in [4.69, 9.17) is 0 Å². The highest BCUT2D eigenvalue weighted by molar-refractivity contribution is 6.26. The zero-order chi connectivity index (χ0) is 25.6. The fraction of sp³-hybridized carbons (Fsp3) is 0.158. The van der Waals surface area contributed by atoms with Crippen molar-refractivity contribution in [3.05, 3.63) is 119 Å². The molecule has 2 aliphatic rings. The Bertz CT molecular complexity index is 2150. The summed E-state index contributed by atoms with van der Waals surface area (Å²) in [6.07, 6.45) is 0. The number of hydrogen-bond donors (Lipinski definition) is 0. The molecule has 7 aromatic rings. The first-order valence-corrected chi connectivity index (χ1v) is 13.8. The second-order valence-electron chi connectivity index (χ2n) is 12.6. The van der Waals surface area contributed by atoms with Crippen LogP contribution in [-0.2, 0) is 10.8 Å². The van der Waals surface area contributed by atoms with Crippen LogP contribution in [0.2, 0.25) is 0 Å². The molecule has 0 saturated heterocycles. The average Bonchev–Trinajstić information content (AvgIpc) is 3.28. The minimum Gasteiger partial charge on any atom is -0.0616 e. The largest absolute Gasteiger partial charge is 0.0616 e. The Hall–Kier alpha value is -4.16. The van der Waals surface area contributed by atoms with Crippen molar-refractivity contribution in [3.8, 4) is 22.3 Å². The quantitative estimate of drug-likeness (QED) is 0.188. The van der Waals surface area contributed by atoms with Gasteiger partial charge < -0.3 is 0 Å². The molecule has 0 aliphatic heterocycles. The summed E-state index contributed by atoms with van der Waals surface area (Å²) >= 11 is 0. The molecular weight excluding hydrogens is 456 g/mol. The number of benzene rings is 7. The molecule has 0 amide bonds. The van der Waals surface area contributed by atoms with Crippen molar-refractivity contribution in [1.82, 2.24) is 0 Å². The maximum absolute atomic E-state index is 2.56. The lowest BCUT2D eigenvalue weighted by Gasteiger charge is -2.24. The summed E-state index contributed by atoms with van der Waals surface area (Å²) in [5, 5.41) is 10.9. The van der Waals surface area contributed by atoms with Gasteiger partial charge in [0.2, 0.25) is 0 Å². The first kappa shape index (κ1) is 20.8. The van der Waals surface area contributed by atoms with Gasteiger partial charge in [-0.25, -0.2) is 0 Å². The molecule has 0 atom stereocenters. The second kappa shape index (κ2) is 6.45. The maximum Gasteiger partial charge on any atom is 0.0159 e. The molecule has 0 aromatic heterocycles. The molecule has 0 radical (unpaired) electrons. The summed E-state index contributed by atoms with van der Waals surface area (Å²) < 4.78 is 0. The minimum absolute atomic E-state index is 0.0413. The van der Waals surface area contributed by atoms with Gasteiger partial charge in [0.15, 0.2) is 0 Å². The van der Waals surface area contributed by atoms with Crippen molar-refractivity contribution in [2.75, 3.05) is 0 Å². The van der Waals surface area contributed by atoms with Crippen LogP contribution in [0.3, 0.4) is 0 Å². The molecule has 38 heavy (non-hydrogen) atoms. The van der Waals surface area contributed by atoms with Crippen LogP contribution in [0.25, 0.3) is 65.3 Å².